The molecular formula is C11H7BrFN3O4S. The van der Waals surface area contributed by atoms with E-state index < -0.39 is 31.3 Å². The Hall–Kier alpha value is -2.07. The van der Waals surface area contributed by atoms with E-state index in [0.717, 1.165) is 12.1 Å². The van der Waals surface area contributed by atoms with E-state index in [1.54, 1.807) is 6.07 Å². The zero-order valence-electron chi connectivity index (χ0n) is 10.2. The molecule has 0 aliphatic heterocycles. The van der Waals surface area contributed by atoms with Gasteiger partial charge in [0.05, 0.1) is 9.82 Å². The average Bonchev–Trinajstić information content (AvgIpc) is 2.37. The molecule has 0 saturated heterocycles. The van der Waals surface area contributed by atoms with E-state index in [1.165, 1.54) is 12.3 Å². The summed E-state index contributed by atoms with van der Waals surface area (Å²) in [6.45, 7) is 0. The van der Waals surface area contributed by atoms with Crippen molar-refractivity contribution in [1.29, 1.82) is 0 Å². The smallest absolute Gasteiger partial charge is 0.263 e. The van der Waals surface area contributed by atoms with Crippen LogP contribution in [0.5, 0.6) is 0 Å². The Morgan fingerprint density at radius 3 is 2.57 bits per heavy atom. The summed E-state index contributed by atoms with van der Waals surface area (Å²) in [5.74, 6) is -1.20. The van der Waals surface area contributed by atoms with Gasteiger partial charge in [-0.15, -0.1) is 0 Å². The minimum atomic E-state index is -4.09. The standard InChI is InChI=1S/C11H7BrFN3O4S/c12-7-3-4-14-11(5-7)15-21(19,20)8-1-2-10(16(17)18)9(13)6-8/h1-6H,(H,14,15). The van der Waals surface area contributed by atoms with Gasteiger partial charge >= 0.3 is 5.69 Å². The number of halogens is 2. The van der Waals surface area contributed by atoms with Gasteiger partial charge in [-0.05, 0) is 18.2 Å². The Morgan fingerprint density at radius 1 is 1.29 bits per heavy atom. The van der Waals surface area contributed by atoms with Gasteiger partial charge in [0.15, 0.2) is 0 Å². The normalized spacial score (nSPS) is 11.1. The maximum atomic E-state index is 13.5. The van der Waals surface area contributed by atoms with Gasteiger partial charge in [-0.2, -0.15) is 4.39 Å². The fraction of sp³-hybridized carbons (Fsp3) is 0. The van der Waals surface area contributed by atoms with Gasteiger partial charge in [-0.1, -0.05) is 15.9 Å². The molecule has 1 N–H and O–H groups in total. The van der Waals surface area contributed by atoms with Crippen LogP contribution in [0, 0.1) is 15.9 Å². The van der Waals surface area contributed by atoms with Crippen LogP contribution in [0.3, 0.4) is 0 Å². The molecule has 1 aromatic carbocycles. The third kappa shape index (κ3) is 3.52. The van der Waals surface area contributed by atoms with Gasteiger partial charge in [0.1, 0.15) is 5.82 Å². The Balaban J connectivity index is 2.36. The number of hydrogen-bond donors (Lipinski definition) is 1. The summed E-state index contributed by atoms with van der Waals surface area (Å²) in [4.78, 5) is 12.9. The van der Waals surface area contributed by atoms with E-state index in [2.05, 4.69) is 25.6 Å². The largest absolute Gasteiger partial charge is 0.304 e. The third-order valence-corrected chi connectivity index (χ3v) is 4.23. The maximum Gasteiger partial charge on any atom is 0.304 e. The van der Waals surface area contributed by atoms with Crippen LogP contribution >= 0.6 is 15.9 Å². The lowest BCUT2D eigenvalue weighted by atomic mass is 10.3. The molecule has 2 rings (SSSR count). The van der Waals surface area contributed by atoms with Gasteiger partial charge in [0.2, 0.25) is 5.82 Å². The number of pyridine rings is 1. The predicted octanol–water partition coefficient (Wildman–Crippen LogP) is 2.69. The number of benzene rings is 1. The van der Waals surface area contributed by atoms with Gasteiger partial charge in [0.25, 0.3) is 10.0 Å². The minimum absolute atomic E-state index is 0.0307. The maximum absolute atomic E-state index is 13.5. The SMILES string of the molecule is O=[N+]([O-])c1ccc(S(=O)(=O)Nc2cc(Br)ccn2)cc1F. The van der Waals surface area contributed by atoms with Gasteiger partial charge < -0.3 is 0 Å². The fourth-order valence-electron chi connectivity index (χ4n) is 1.46. The van der Waals surface area contributed by atoms with E-state index >= 15 is 0 Å². The molecule has 21 heavy (non-hydrogen) atoms. The van der Waals surface area contributed by atoms with Crippen molar-refractivity contribution in [2.75, 3.05) is 4.72 Å². The van der Waals surface area contributed by atoms with E-state index in [4.69, 9.17) is 0 Å². The van der Waals surface area contributed by atoms with Crippen LogP contribution in [-0.2, 0) is 10.0 Å². The second-order valence-corrected chi connectivity index (χ2v) is 6.43. The number of hydrogen-bond acceptors (Lipinski definition) is 5. The zero-order chi connectivity index (χ0) is 15.6. The lowest BCUT2D eigenvalue weighted by Crippen LogP contribution is -2.14. The molecule has 1 heterocycles. The number of nitrogens with zero attached hydrogens (tertiary/aromatic N) is 2. The first-order valence-corrected chi connectivity index (χ1v) is 7.65. The molecule has 10 heteroatoms. The van der Waals surface area contributed by atoms with Crippen molar-refractivity contribution in [1.82, 2.24) is 4.98 Å². The van der Waals surface area contributed by atoms with E-state index in [1.807, 2.05) is 0 Å². The van der Waals surface area contributed by atoms with Crippen LogP contribution < -0.4 is 4.72 Å². The van der Waals surface area contributed by atoms with Gasteiger partial charge in [-0.25, -0.2) is 13.4 Å². The number of aromatic nitrogens is 1. The van der Waals surface area contributed by atoms with Crippen molar-refractivity contribution >= 4 is 37.5 Å². The number of rotatable bonds is 4. The van der Waals surface area contributed by atoms with Crippen molar-refractivity contribution < 1.29 is 17.7 Å². The highest BCUT2D eigenvalue weighted by Crippen LogP contribution is 2.22. The van der Waals surface area contributed by atoms with Crippen molar-refractivity contribution in [2.24, 2.45) is 0 Å². The van der Waals surface area contributed by atoms with Crippen LogP contribution in [0.25, 0.3) is 0 Å². The van der Waals surface area contributed by atoms with Crippen molar-refractivity contribution in [3.63, 3.8) is 0 Å². The second kappa shape index (κ2) is 5.74. The highest BCUT2D eigenvalue weighted by Gasteiger charge is 2.21. The minimum Gasteiger partial charge on any atom is -0.263 e. The third-order valence-electron chi connectivity index (χ3n) is 2.39. The first-order chi connectivity index (χ1) is 9.79. The number of sulfonamides is 1. The molecule has 0 fully saturated rings. The summed E-state index contributed by atoms with van der Waals surface area (Å²) in [5.41, 5.74) is -0.797. The summed E-state index contributed by atoms with van der Waals surface area (Å²) >= 11 is 3.15. The Kier molecular flexibility index (Phi) is 4.19. The van der Waals surface area contributed by atoms with Gasteiger partial charge in [0, 0.05) is 22.8 Å². The molecule has 2 aromatic rings. The van der Waals surface area contributed by atoms with Crippen LogP contribution in [0.15, 0.2) is 45.9 Å². The quantitative estimate of drug-likeness (QED) is 0.653. The Labute approximate surface area is 127 Å². The first kappa shape index (κ1) is 15.3. The predicted molar refractivity (Wildman–Crippen MR) is 75.8 cm³/mol. The molecule has 0 unspecified atom stereocenters. The zero-order valence-corrected chi connectivity index (χ0v) is 12.6. The van der Waals surface area contributed by atoms with E-state index in [0.29, 0.717) is 10.5 Å². The summed E-state index contributed by atoms with van der Waals surface area (Å²) in [6, 6.07) is 5.33. The molecule has 0 radical (unpaired) electrons. The van der Waals surface area contributed by atoms with Crippen molar-refractivity contribution in [3.8, 4) is 0 Å². The average molecular weight is 376 g/mol. The number of anilines is 1. The highest BCUT2D eigenvalue weighted by molar-refractivity contribution is 9.10. The monoisotopic (exact) mass is 375 g/mol. The summed E-state index contributed by atoms with van der Waals surface area (Å²) in [5, 5.41) is 10.5. The summed E-state index contributed by atoms with van der Waals surface area (Å²) in [6.07, 6.45) is 1.37. The molecule has 0 aliphatic rings. The molecule has 0 saturated carbocycles. The van der Waals surface area contributed by atoms with Gasteiger partial charge in [-0.3, -0.25) is 14.8 Å². The lowest BCUT2D eigenvalue weighted by molar-refractivity contribution is -0.387. The van der Waals surface area contributed by atoms with E-state index in [9.17, 15) is 22.9 Å². The van der Waals surface area contributed by atoms with Crippen LogP contribution in [0.2, 0.25) is 0 Å². The highest BCUT2D eigenvalue weighted by atomic mass is 79.9. The molecule has 0 spiro atoms. The number of nitrogens with one attached hydrogen (secondary N) is 1. The molecule has 0 bridgehead atoms. The molecule has 0 atom stereocenters. The fourth-order valence-corrected chi connectivity index (χ4v) is 2.81. The number of nitro groups is 1. The van der Waals surface area contributed by atoms with Crippen molar-refractivity contribution in [3.05, 3.63) is 56.9 Å². The number of nitro benzene ring substituents is 1. The second-order valence-electron chi connectivity index (χ2n) is 3.84. The summed E-state index contributed by atoms with van der Waals surface area (Å²) < 4.78 is 40.3. The molecule has 1 aromatic heterocycles. The summed E-state index contributed by atoms with van der Waals surface area (Å²) in [7, 11) is -4.09. The van der Waals surface area contributed by atoms with Crippen LogP contribution in [0.4, 0.5) is 15.9 Å². The topological polar surface area (TPSA) is 102 Å². The Bertz CT molecular complexity index is 813. The molecule has 0 amide bonds. The molecular weight excluding hydrogens is 369 g/mol. The Morgan fingerprint density at radius 2 is 2.00 bits per heavy atom. The van der Waals surface area contributed by atoms with Crippen LogP contribution in [0.1, 0.15) is 0 Å². The first-order valence-electron chi connectivity index (χ1n) is 5.38. The lowest BCUT2D eigenvalue weighted by Gasteiger charge is -2.07. The molecule has 7 nitrogen and oxygen atoms in total. The van der Waals surface area contributed by atoms with Crippen LogP contribution in [-0.4, -0.2) is 18.3 Å². The van der Waals surface area contributed by atoms with E-state index in [-0.39, 0.29) is 5.82 Å². The van der Waals surface area contributed by atoms with Crippen molar-refractivity contribution in [2.45, 2.75) is 4.90 Å². The molecule has 0 aliphatic carbocycles. The molecule has 110 valence electrons.